The van der Waals surface area contributed by atoms with Crippen LogP contribution in [0.15, 0.2) is 65.6 Å². The molecule has 28 heavy (non-hydrogen) atoms. The van der Waals surface area contributed by atoms with Gasteiger partial charge in [-0.05, 0) is 31.2 Å². The molecule has 1 N–H and O–H groups in total. The van der Waals surface area contributed by atoms with E-state index in [-0.39, 0.29) is 12.2 Å². The van der Waals surface area contributed by atoms with Crippen LogP contribution in [0.1, 0.15) is 5.69 Å². The van der Waals surface area contributed by atoms with Crippen LogP contribution in [0.3, 0.4) is 0 Å². The number of hydrogen-bond donors (Lipinski definition) is 1. The Morgan fingerprint density at radius 3 is 2.57 bits per heavy atom. The van der Waals surface area contributed by atoms with Gasteiger partial charge in [-0.3, -0.25) is 9.59 Å². The maximum Gasteiger partial charge on any atom is 0.293 e. The van der Waals surface area contributed by atoms with Crippen LogP contribution in [0.25, 0.3) is 16.6 Å². The van der Waals surface area contributed by atoms with E-state index in [1.54, 1.807) is 19.2 Å². The molecule has 0 fully saturated rings. The SMILES string of the molecule is Cc1nn(CC(=O)Nc2ccccc2F)c(=O)c2c1cnn2-c1ccccc1. The third kappa shape index (κ3) is 3.16. The minimum absolute atomic E-state index is 0.0488. The lowest BCUT2D eigenvalue weighted by atomic mass is 10.2. The highest BCUT2D eigenvalue weighted by molar-refractivity contribution is 5.91. The van der Waals surface area contributed by atoms with Gasteiger partial charge in [0.15, 0.2) is 0 Å². The standard InChI is InChI=1S/C20H16FN5O2/c1-13-15-11-22-26(14-7-3-2-4-8-14)19(15)20(28)25(24-13)12-18(27)23-17-10-6-5-9-16(17)21/h2-11H,12H2,1H3,(H,23,27). The van der Waals surface area contributed by atoms with Crippen molar-refractivity contribution in [3.05, 3.63) is 82.7 Å². The first-order chi connectivity index (χ1) is 13.5. The highest BCUT2D eigenvalue weighted by Gasteiger charge is 2.17. The van der Waals surface area contributed by atoms with Crippen molar-refractivity contribution in [2.75, 3.05) is 5.32 Å². The summed E-state index contributed by atoms with van der Waals surface area (Å²) in [5.74, 6) is -1.10. The molecule has 0 unspecified atom stereocenters. The Morgan fingerprint density at radius 2 is 1.82 bits per heavy atom. The van der Waals surface area contributed by atoms with E-state index in [0.29, 0.717) is 16.6 Å². The van der Waals surface area contributed by atoms with Gasteiger partial charge < -0.3 is 5.32 Å². The van der Waals surface area contributed by atoms with Gasteiger partial charge in [0.1, 0.15) is 17.9 Å². The number of amides is 1. The van der Waals surface area contributed by atoms with Crippen molar-refractivity contribution in [3.8, 4) is 5.69 Å². The molecule has 0 saturated heterocycles. The molecular weight excluding hydrogens is 361 g/mol. The zero-order valence-corrected chi connectivity index (χ0v) is 15.0. The van der Waals surface area contributed by atoms with Crippen LogP contribution >= 0.6 is 0 Å². The second-order valence-electron chi connectivity index (χ2n) is 6.23. The number of aromatic nitrogens is 4. The van der Waals surface area contributed by atoms with Crippen LogP contribution in [0, 0.1) is 12.7 Å². The van der Waals surface area contributed by atoms with Gasteiger partial charge in [-0.15, -0.1) is 0 Å². The minimum Gasteiger partial charge on any atom is -0.322 e. The Balaban J connectivity index is 1.72. The first-order valence-corrected chi connectivity index (χ1v) is 8.60. The number of rotatable bonds is 4. The molecule has 140 valence electrons. The van der Waals surface area contributed by atoms with Gasteiger partial charge in [0.2, 0.25) is 5.91 Å². The molecule has 4 aromatic rings. The molecule has 0 bridgehead atoms. The van der Waals surface area contributed by atoms with Crippen molar-refractivity contribution >= 4 is 22.5 Å². The van der Waals surface area contributed by atoms with E-state index < -0.39 is 17.3 Å². The summed E-state index contributed by atoms with van der Waals surface area (Å²) in [7, 11) is 0. The Morgan fingerprint density at radius 1 is 1.11 bits per heavy atom. The van der Waals surface area contributed by atoms with Crippen molar-refractivity contribution in [1.82, 2.24) is 19.6 Å². The first-order valence-electron chi connectivity index (χ1n) is 8.60. The van der Waals surface area contributed by atoms with E-state index >= 15 is 0 Å². The second-order valence-corrected chi connectivity index (χ2v) is 6.23. The summed E-state index contributed by atoms with van der Waals surface area (Å²) in [5.41, 5.74) is 1.22. The van der Waals surface area contributed by atoms with Gasteiger partial charge in [-0.2, -0.15) is 10.2 Å². The lowest BCUT2D eigenvalue weighted by Crippen LogP contribution is -2.31. The molecule has 0 radical (unpaired) electrons. The number of carbonyl (C=O) groups excluding carboxylic acids is 1. The van der Waals surface area contributed by atoms with Crippen molar-refractivity contribution in [1.29, 1.82) is 0 Å². The molecule has 1 amide bonds. The fraction of sp³-hybridized carbons (Fsp3) is 0.100. The van der Waals surface area contributed by atoms with Crippen LogP contribution < -0.4 is 10.9 Å². The number of anilines is 1. The highest BCUT2D eigenvalue weighted by atomic mass is 19.1. The lowest BCUT2D eigenvalue weighted by molar-refractivity contribution is -0.117. The van der Waals surface area contributed by atoms with E-state index in [0.717, 1.165) is 10.4 Å². The predicted octanol–water partition coefficient (Wildman–Crippen LogP) is 2.67. The Kier molecular flexibility index (Phi) is 4.44. The topological polar surface area (TPSA) is 81.8 Å². The number of benzene rings is 2. The second kappa shape index (κ2) is 7.07. The van der Waals surface area contributed by atoms with Crippen molar-refractivity contribution in [2.24, 2.45) is 0 Å². The van der Waals surface area contributed by atoms with Crippen molar-refractivity contribution < 1.29 is 9.18 Å². The lowest BCUT2D eigenvalue weighted by Gasteiger charge is -2.09. The number of halogens is 1. The minimum atomic E-state index is -0.552. The molecule has 0 saturated carbocycles. The third-order valence-electron chi connectivity index (χ3n) is 4.31. The van der Waals surface area contributed by atoms with Gasteiger partial charge in [0.05, 0.1) is 23.3 Å². The average molecular weight is 377 g/mol. The van der Waals surface area contributed by atoms with Gasteiger partial charge in [-0.25, -0.2) is 13.8 Å². The van der Waals surface area contributed by atoms with Crippen LogP contribution in [-0.4, -0.2) is 25.5 Å². The molecule has 4 rings (SSSR count). The van der Waals surface area contributed by atoms with Crippen LogP contribution in [0.5, 0.6) is 0 Å². The normalized spacial score (nSPS) is 10.9. The van der Waals surface area contributed by atoms with Crippen molar-refractivity contribution in [2.45, 2.75) is 13.5 Å². The third-order valence-corrected chi connectivity index (χ3v) is 4.31. The maximum absolute atomic E-state index is 13.7. The fourth-order valence-electron chi connectivity index (χ4n) is 2.98. The number of aryl methyl sites for hydroxylation is 1. The summed E-state index contributed by atoms with van der Waals surface area (Å²) in [6, 6.07) is 15.0. The summed E-state index contributed by atoms with van der Waals surface area (Å²) in [6.07, 6.45) is 1.58. The number of nitrogens with one attached hydrogen (secondary N) is 1. The van der Waals surface area contributed by atoms with E-state index in [1.165, 1.54) is 22.9 Å². The Hall–Kier alpha value is -3.81. The van der Waals surface area contributed by atoms with Crippen LogP contribution in [-0.2, 0) is 11.3 Å². The number of para-hydroxylation sites is 2. The Bertz CT molecular complexity index is 1230. The maximum atomic E-state index is 13.7. The molecule has 2 heterocycles. The van der Waals surface area contributed by atoms with E-state index in [2.05, 4.69) is 15.5 Å². The van der Waals surface area contributed by atoms with Gasteiger partial charge in [-0.1, -0.05) is 30.3 Å². The molecule has 2 aromatic carbocycles. The smallest absolute Gasteiger partial charge is 0.293 e. The van der Waals surface area contributed by atoms with E-state index in [4.69, 9.17) is 0 Å². The summed E-state index contributed by atoms with van der Waals surface area (Å²) >= 11 is 0. The molecule has 0 spiro atoms. The molecule has 2 aromatic heterocycles. The Labute approximate surface area is 159 Å². The number of hydrogen-bond acceptors (Lipinski definition) is 4. The zero-order chi connectivity index (χ0) is 19.7. The van der Waals surface area contributed by atoms with Gasteiger partial charge >= 0.3 is 0 Å². The first kappa shape index (κ1) is 17.6. The van der Waals surface area contributed by atoms with Crippen molar-refractivity contribution in [3.63, 3.8) is 0 Å². The van der Waals surface area contributed by atoms with Crippen LogP contribution in [0.4, 0.5) is 10.1 Å². The van der Waals surface area contributed by atoms with E-state index in [9.17, 15) is 14.0 Å². The molecule has 8 heteroatoms. The molecule has 0 aliphatic carbocycles. The quantitative estimate of drug-likeness (QED) is 0.593. The van der Waals surface area contributed by atoms with Gasteiger partial charge in [0, 0.05) is 5.39 Å². The molecule has 7 nitrogen and oxygen atoms in total. The van der Waals surface area contributed by atoms with Crippen LogP contribution in [0.2, 0.25) is 0 Å². The summed E-state index contributed by atoms with van der Waals surface area (Å²) in [5, 5.41) is 11.6. The molecule has 0 aliphatic rings. The molecule has 0 aliphatic heterocycles. The number of nitrogens with zero attached hydrogens (tertiary/aromatic N) is 4. The highest BCUT2D eigenvalue weighted by Crippen LogP contribution is 2.17. The largest absolute Gasteiger partial charge is 0.322 e. The summed E-state index contributed by atoms with van der Waals surface area (Å²) < 4.78 is 16.3. The average Bonchev–Trinajstić information content (AvgIpc) is 3.14. The number of carbonyl (C=O) groups is 1. The molecule has 0 atom stereocenters. The number of fused-ring (bicyclic) bond motifs is 1. The van der Waals surface area contributed by atoms with Gasteiger partial charge in [0.25, 0.3) is 5.56 Å². The zero-order valence-electron chi connectivity index (χ0n) is 15.0. The molecular formula is C20H16FN5O2. The summed E-state index contributed by atoms with van der Waals surface area (Å²) in [6.45, 7) is 1.40. The predicted molar refractivity (Wildman–Crippen MR) is 103 cm³/mol. The fourth-order valence-corrected chi connectivity index (χ4v) is 2.98. The summed E-state index contributed by atoms with van der Waals surface area (Å²) in [4.78, 5) is 25.3. The van der Waals surface area contributed by atoms with E-state index in [1.807, 2.05) is 30.3 Å². The monoisotopic (exact) mass is 377 g/mol.